The Morgan fingerprint density at radius 1 is 1.03 bits per heavy atom. The average Bonchev–Trinajstić information content (AvgIpc) is 3.18. The van der Waals surface area contributed by atoms with E-state index >= 15 is 0 Å². The van der Waals surface area contributed by atoms with Gasteiger partial charge in [0.15, 0.2) is 5.16 Å². The lowest BCUT2D eigenvalue weighted by Crippen LogP contribution is -2.60. The van der Waals surface area contributed by atoms with Crippen molar-refractivity contribution >= 4 is 28.4 Å². The van der Waals surface area contributed by atoms with Gasteiger partial charge in [0.05, 0.1) is 5.75 Å². The lowest BCUT2D eigenvalue weighted by molar-refractivity contribution is -0.124. The SMILES string of the molecule is CCn1c(Cc2cccc3ccccc23)nnc1SCC(=O)NC12CC3CC(CC(C3)C1)C2. The number of fused-ring (bicyclic) bond motifs is 1. The molecule has 0 radical (unpaired) electrons. The van der Waals surface area contributed by atoms with E-state index in [1.165, 1.54) is 66.6 Å². The highest BCUT2D eigenvalue weighted by Crippen LogP contribution is 2.55. The second-order valence-electron chi connectivity index (χ2n) is 10.5. The first-order valence-corrected chi connectivity index (χ1v) is 13.4. The summed E-state index contributed by atoms with van der Waals surface area (Å²) >= 11 is 1.52. The number of aromatic nitrogens is 3. The Hall–Kier alpha value is -2.34. The fraction of sp³-hybridized carbons (Fsp3) is 0.519. The highest BCUT2D eigenvalue weighted by atomic mass is 32.2. The molecule has 4 bridgehead atoms. The zero-order valence-electron chi connectivity index (χ0n) is 19.3. The van der Waals surface area contributed by atoms with Crippen LogP contribution in [0.3, 0.4) is 0 Å². The molecule has 4 saturated carbocycles. The van der Waals surface area contributed by atoms with Gasteiger partial charge in [-0.2, -0.15) is 0 Å². The maximum Gasteiger partial charge on any atom is 0.230 e. The lowest BCUT2D eigenvalue weighted by Gasteiger charge is -2.56. The molecule has 3 aromatic rings. The van der Waals surface area contributed by atoms with Gasteiger partial charge in [0, 0.05) is 18.5 Å². The Morgan fingerprint density at radius 3 is 2.45 bits per heavy atom. The van der Waals surface area contributed by atoms with Crippen molar-refractivity contribution in [2.24, 2.45) is 17.8 Å². The van der Waals surface area contributed by atoms with Gasteiger partial charge in [-0.25, -0.2) is 0 Å². The molecular weight excluding hydrogens is 428 g/mol. The van der Waals surface area contributed by atoms with Crippen molar-refractivity contribution in [1.82, 2.24) is 20.1 Å². The van der Waals surface area contributed by atoms with Gasteiger partial charge in [-0.3, -0.25) is 4.79 Å². The monoisotopic (exact) mass is 460 g/mol. The molecule has 1 aromatic heterocycles. The first kappa shape index (κ1) is 21.2. The molecule has 1 N–H and O–H groups in total. The van der Waals surface area contributed by atoms with Gasteiger partial charge in [0.2, 0.25) is 5.91 Å². The van der Waals surface area contributed by atoms with Crippen LogP contribution in [0.15, 0.2) is 47.6 Å². The molecule has 1 heterocycles. The molecule has 33 heavy (non-hydrogen) atoms. The third-order valence-electron chi connectivity index (χ3n) is 8.11. The number of hydrogen-bond acceptors (Lipinski definition) is 4. The molecule has 172 valence electrons. The number of hydrogen-bond donors (Lipinski definition) is 1. The minimum atomic E-state index is 0.0738. The second kappa shape index (κ2) is 8.46. The fourth-order valence-electron chi connectivity index (χ4n) is 7.22. The van der Waals surface area contributed by atoms with E-state index in [0.717, 1.165) is 41.7 Å². The third-order valence-corrected chi connectivity index (χ3v) is 9.08. The van der Waals surface area contributed by atoms with Crippen molar-refractivity contribution in [3.05, 3.63) is 53.9 Å². The molecule has 0 atom stereocenters. The van der Waals surface area contributed by atoms with Gasteiger partial charge < -0.3 is 9.88 Å². The smallest absolute Gasteiger partial charge is 0.230 e. The second-order valence-corrected chi connectivity index (χ2v) is 11.4. The minimum absolute atomic E-state index is 0.0738. The highest BCUT2D eigenvalue weighted by Gasteiger charge is 2.51. The Balaban J connectivity index is 1.13. The van der Waals surface area contributed by atoms with Gasteiger partial charge in [0.1, 0.15) is 5.82 Å². The largest absolute Gasteiger partial charge is 0.350 e. The highest BCUT2D eigenvalue weighted by molar-refractivity contribution is 7.99. The molecular formula is C27H32N4OS. The molecule has 0 saturated heterocycles. The van der Waals surface area contributed by atoms with Crippen LogP contribution in [0.2, 0.25) is 0 Å². The van der Waals surface area contributed by atoms with Crippen LogP contribution < -0.4 is 5.32 Å². The van der Waals surface area contributed by atoms with Gasteiger partial charge >= 0.3 is 0 Å². The molecule has 5 nitrogen and oxygen atoms in total. The Labute approximate surface area is 199 Å². The van der Waals surface area contributed by atoms with Crippen molar-refractivity contribution in [2.75, 3.05) is 5.75 Å². The summed E-state index contributed by atoms with van der Waals surface area (Å²) in [5, 5.41) is 15.8. The molecule has 0 spiro atoms. The fourth-order valence-corrected chi connectivity index (χ4v) is 8.04. The summed E-state index contributed by atoms with van der Waals surface area (Å²) < 4.78 is 2.16. The molecule has 0 unspecified atom stereocenters. The molecule has 6 heteroatoms. The van der Waals surface area contributed by atoms with E-state index in [9.17, 15) is 4.79 Å². The summed E-state index contributed by atoms with van der Waals surface area (Å²) in [4.78, 5) is 13.0. The average molecular weight is 461 g/mol. The third kappa shape index (κ3) is 4.07. The van der Waals surface area contributed by atoms with Crippen LogP contribution in [-0.4, -0.2) is 32.0 Å². The van der Waals surface area contributed by atoms with Gasteiger partial charge in [-0.15, -0.1) is 10.2 Å². The standard InChI is InChI=1S/C27H32N4OS/c1-2-31-24(13-22-8-5-7-21-6-3-4-9-23(21)22)29-30-26(31)33-17-25(32)28-27-14-18-10-19(15-27)12-20(11-18)16-27/h3-9,18-20H,2,10-17H2,1H3,(H,28,32). The van der Waals surface area contributed by atoms with Gasteiger partial charge in [-0.1, -0.05) is 54.2 Å². The number of rotatable bonds is 7. The van der Waals surface area contributed by atoms with E-state index in [4.69, 9.17) is 0 Å². The number of thioether (sulfide) groups is 1. The van der Waals surface area contributed by atoms with E-state index in [2.05, 4.69) is 69.5 Å². The van der Waals surface area contributed by atoms with Gasteiger partial charge in [-0.05, 0) is 79.5 Å². The predicted molar refractivity (Wildman–Crippen MR) is 132 cm³/mol. The lowest BCUT2D eigenvalue weighted by atomic mass is 9.53. The summed E-state index contributed by atoms with van der Waals surface area (Å²) in [6.45, 7) is 2.92. The van der Waals surface area contributed by atoms with Crippen LogP contribution in [0.1, 0.15) is 56.8 Å². The van der Waals surface area contributed by atoms with E-state index in [0.29, 0.717) is 5.75 Å². The number of nitrogens with zero attached hydrogens (tertiary/aromatic N) is 3. The zero-order valence-corrected chi connectivity index (χ0v) is 20.1. The Morgan fingerprint density at radius 2 is 1.73 bits per heavy atom. The van der Waals surface area contributed by atoms with E-state index in [-0.39, 0.29) is 11.4 Å². The number of nitrogens with one attached hydrogen (secondary N) is 1. The van der Waals surface area contributed by atoms with E-state index in [1.54, 1.807) is 0 Å². The van der Waals surface area contributed by atoms with Crippen LogP contribution in [0.5, 0.6) is 0 Å². The molecule has 0 aliphatic heterocycles. The molecule has 4 aliphatic rings. The van der Waals surface area contributed by atoms with Crippen LogP contribution in [0.25, 0.3) is 10.8 Å². The van der Waals surface area contributed by atoms with Gasteiger partial charge in [0.25, 0.3) is 0 Å². The number of amides is 1. The Kier molecular flexibility index (Phi) is 5.44. The molecule has 4 aliphatic carbocycles. The van der Waals surface area contributed by atoms with Crippen LogP contribution in [-0.2, 0) is 17.8 Å². The van der Waals surface area contributed by atoms with Crippen LogP contribution in [0.4, 0.5) is 0 Å². The van der Waals surface area contributed by atoms with Crippen molar-refractivity contribution in [3.63, 3.8) is 0 Å². The Bertz CT molecular complexity index is 1150. The van der Waals surface area contributed by atoms with Crippen LogP contribution >= 0.6 is 11.8 Å². The normalized spacial score (nSPS) is 27.8. The summed E-state index contributed by atoms with van der Waals surface area (Å²) in [5.41, 5.74) is 1.33. The van der Waals surface area contributed by atoms with E-state index in [1.807, 2.05) is 0 Å². The van der Waals surface area contributed by atoms with Crippen molar-refractivity contribution < 1.29 is 4.79 Å². The number of carbonyl (C=O) groups excluding carboxylic acids is 1. The zero-order chi connectivity index (χ0) is 22.4. The summed E-state index contributed by atoms with van der Waals surface area (Å²) in [5.74, 6) is 4.03. The van der Waals surface area contributed by atoms with Crippen molar-refractivity contribution in [3.8, 4) is 0 Å². The maximum atomic E-state index is 13.0. The molecule has 2 aromatic carbocycles. The number of benzene rings is 2. The molecule has 4 fully saturated rings. The van der Waals surface area contributed by atoms with Crippen molar-refractivity contribution in [2.45, 2.75) is 69.1 Å². The molecule has 1 amide bonds. The predicted octanol–water partition coefficient (Wildman–Crippen LogP) is 5.22. The van der Waals surface area contributed by atoms with Crippen LogP contribution in [0, 0.1) is 17.8 Å². The minimum Gasteiger partial charge on any atom is -0.350 e. The topological polar surface area (TPSA) is 59.8 Å². The van der Waals surface area contributed by atoms with E-state index < -0.39 is 0 Å². The quantitative estimate of drug-likeness (QED) is 0.491. The summed E-state index contributed by atoms with van der Waals surface area (Å²) in [6.07, 6.45) is 8.48. The molecule has 7 rings (SSSR count). The first-order chi connectivity index (χ1) is 16.1. The first-order valence-electron chi connectivity index (χ1n) is 12.4. The summed E-state index contributed by atoms with van der Waals surface area (Å²) in [6, 6.07) is 14.9. The number of carbonyl (C=O) groups is 1. The summed E-state index contributed by atoms with van der Waals surface area (Å²) in [7, 11) is 0. The maximum absolute atomic E-state index is 13.0. The van der Waals surface area contributed by atoms with Crippen molar-refractivity contribution in [1.29, 1.82) is 0 Å².